The van der Waals surface area contributed by atoms with Crippen LogP contribution in [-0.2, 0) is 4.79 Å². The van der Waals surface area contributed by atoms with Gasteiger partial charge in [0.1, 0.15) is 5.82 Å². The molecular formula is C13H10FN3O3. The molecule has 1 aromatic heterocycles. The minimum absolute atomic E-state index is 0.158. The number of nitrogens with one attached hydrogen (secondary N) is 2. The van der Waals surface area contributed by atoms with E-state index in [4.69, 9.17) is 5.11 Å². The third kappa shape index (κ3) is 3.29. The minimum Gasteiger partial charge on any atom is -0.478 e. The summed E-state index contributed by atoms with van der Waals surface area (Å²) in [4.78, 5) is 28.6. The standard InChI is InChI=1S/C13H10FN3O3/c14-10-7-8(2-4-11(18)19)1-3-9(10)12(20)17-13-15-5-6-16-13/h1-7H,(H,18,19)(H2,15,16,17,20). The smallest absolute Gasteiger partial charge is 0.328 e. The van der Waals surface area contributed by atoms with E-state index in [1.54, 1.807) is 0 Å². The van der Waals surface area contributed by atoms with Crippen LogP contribution >= 0.6 is 0 Å². The molecule has 0 fully saturated rings. The summed E-state index contributed by atoms with van der Waals surface area (Å²) in [6.07, 6.45) is 5.09. The van der Waals surface area contributed by atoms with Crippen LogP contribution in [0, 0.1) is 5.82 Å². The Bertz CT molecular complexity index is 666. The number of hydrogen-bond acceptors (Lipinski definition) is 3. The molecule has 0 spiro atoms. The van der Waals surface area contributed by atoms with Gasteiger partial charge in [-0.25, -0.2) is 14.2 Å². The molecule has 1 aromatic carbocycles. The Balaban J connectivity index is 2.17. The van der Waals surface area contributed by atoms with Crippen molar-refractivity contribution in [3.05, 3.63) is 53.6 Å². The lowest BCUT2D eigenvalue weighted by atomic mass is 10.1. The number of aromatic amines is 1. The van der Waals surface area contributed by atoms with Crippen LogP contribution in [0.1, 0.15) is 15.9 Å². The van der Waals surface area contributed by atoms with Gasteiger partial charge in [0.25, 0.3) is 5.91 Å². The number of carboxylic acid groups (broad SMARTS) is 1. The largest absolute Gasteiger partial charge is 0.478 e. The first kappa shape index (κ1) is 13.5. The molecule has 102 valence electrons. The zero-order valence-electron chi connectivity index (χ0n) is 10.1. The predicted octanol–water partition coefficient (Wildman–Crippen LogP) is 1.90. The molecule has 0 aliphatic heterocycles. The Morgan fingerprint density at radius 3 is 2.80 bits per heavy atom. The molecule has 0 unspecified atom stereocenters. The average Bonchev–Trinajstić information content (AvgIpc) is 2.89. The van der Waals surface area contributed by atoms with Crippen molar-refractivity contribution >= 4 is 23.9 Å². The second-order valence-corrected chi connectivity index (χ2v) is 3.80. The minimum atomic E-state index is -1.13. The molecule has 3 N–H and O–H groups in total. The molecule has 2 rings (SSSR count). The van der Waals surface area contributed by atoms with E-state index in [1.807, 2.05) is 0 Å². The normalized spacial score (nSPS) is 10.7. The molecule has 0 bridgehead atoms. The fraction of sp³-hybridized carbons (Fsp3) is 0. The van der Waals surface area contributed by atoms with E-state index in [2.05, 4.69) is 15.3 Å². The first-order valence-corrected chi connectivity index (χ1v) is 5.57. The monoisotopic (exact) mass is 275 g/mol. The van der Waals surface area contributed by atoms with E-state index in [9.17, 15) is 14.0 Å². The van der Waals surface area contributed by atoms with E-state index in [0.717, 1.165) is 12.1 Å². The molecule has 0 aliphatic rings. The van der Waals surface area contributed by atoms with Crippen LogP contribution in [0.5, 0.6) is 0 Å². The van der Waals surface area contributed by atoms with Gasteiger partial charge in [-0.3, -0.25) is 10.1 Å². The lowest BCUT2D eigenvalue weighted by Gasteiger charge is -2.04. The second-order valence-electron chi connectivity index (χ2n) is 3.80. The van der Waals surface area contributed by atoms with Gasteiger partial charge < -0.3 is 10.1 Å². The number of benzene rings is 1. The zero-order chi connectivity index (χ0) is 14.5. The summed E-state index contributed by atoms with van der Waals surface area (Å²) in [6.45, 7) is 0. The van der Waals surface area contributed by atoms with Crippen molar-refractivity contribution < 1.29 is 19.1 Å². The molecule has 0 saturated heterocycles. The van der Waals surface area contributed by atoms with Gasteiger partial charge in [0.2, 0.25) is 5.95 Å². The summed E-state index contributed by atoms with van der Waals surface area (Å²) < 4.78 is 13.8. The molecule has 2 aromatic rings. The number of rotatable bonds is 4. The molecule has 0 saturated carbocycles. The first-order valence-electron chi connectivity index (χ1n) is 5.57. The number of carboxylic acids is 1. The van der Waals surface area contributed by atoms with E-state index in [1.165, 1.54) is 30.6 Å². The van der Waals surface area contributed by atoms with E-state index < -0.39 is 17.7 Å². The SMILES string of the molecule is O=C(O)C=Cc1ccc(C(=O)Nc2ncc[nH]2)c(F)c1. The Labute approximate surface area is 113 Å². The number of carbonyl (C=O) groups is 2. The topological polar surface area (TPSA) is 95.1 Å². The van der Waals surface area contributed by atoms with Crippen LogP contribution in [-0.4, -0.2) is 27.0 Å². The predicted molar refractivity (Wildman–Crippen MR) is 69.6 cm³/mol. The van der Waals surface area contributed by atoms with Crippen LogP contribution in [0.15, 0.2) is 36.7 Å². The van der Waals surface area contributed by atoms with Crippen molar-refractivity contribution in [3.8, 4) is 0 Å². The zero-order valence-corrected chi connectivity index (χ0v) is 10.1. The van der Waals surface area contributed by atoms with Crippen molar-refractivity contribution in [1.82, 2.24) is 9.97 Å². The number of carbonyl (C=O) groups excluding carboxylic acids is 1. The molecule has 20 heavy (non-hydrogen) atoms. The van der Waals surface area contributed by atoms with Gasteiger partial charge in [0.15, 0.2) is 0 Å². The summed E-state index contributed by atoms with van der Waals surface area (Å²) in [5.74, 6) is -2.32. The Hall–Kier alpha value is -2.96. The molecule has 0 radical (unpaired) electrons. The maximum Gasteiger partial charge on any atom is 0.328 e. The van der Waals surface area contributed by atoms with Gasteiger partial charge in [-0.15, -0.1) is 0 Å². The number of aromatic nitrogens is 2. The molecule has 0 aliphatic carbocycles. The number of hydrogen-bond donors (Lipinski definition) is 3. The lowest BCUT2D eigenvalue weighted by Crippen LogP contribution is -2.14. The maximum atomic E-state index is 13.8. The third-order valence-corrected chi connectivity index (χ3v) is 2.39. The van der Waals surface area contributed by atoms with Crippen molar-refractivity contribution in [2.45, 2.75) is 0 Å². The van der Waals surface area contributed by atoms with Crippen LogP contribution in [0.3, 0.4) is 0 Å². The number of amides is 1. The number of imidazole rings is 1. The van der Waals surface area contributed by atoms with E-state index in [0.29, 0.717) is 5.56 Å². The number of halogens is 1. The van der Waals surface area contributed by atoms with Crippen LogP contribution in [0.25, 0.3) is 6.08 Å². The van der Waals surface area contributed by atoms with Crippen molar-refractivity contribution in [1.29, 1.82) is 0 Å². The Kier molecular flexibility index (Phi) is 3.90. The molecule has 0 atom stereocenters. The Morgan fingerprint density at radius 2 is 2.20 bits per heavy atom. The highest BCUT2D eigenvalue weighted by molar-refractivity contribution is 6.03. The highest BCUT2D eigenvalue weighted by atomic mass is 19.1. The summed E-state index contributed by atoms with van der Waals surface area (Å²) in [7, 11) is 0. The molecule has 1 amide bonds. The first-order chi connectivity index (χ1) is 9.56. The van der Waals surface area contributed by atoms with E-state index >= 15 is 0 Å². The van der Waals surface area contributed by atoms with Gasteiger partial charge in [0, 0.05) is 18.5 Å². The van der Waals surface area contributed by atoms with Crippen LogP contribution in [0.2, 0.25) is 0 Å². The van der Waals surface area contributed by atoms with Crippen molar-refractivity contribution in [2.75, 3.05) is 5.32 Å². The third-order valence-electron chi connectivity index (χ3n) is 2.39. The van der Waals surface area contributed by atoms with Gasteiger partial charge in [-0.05, 0) is 23.8 Å². The van der Waals surface area contributed by atoms with Gasteiger partial charge in [0.05, 0.1) is 5.56 Å². The summed E-state index contributed by atoms with van der Waals surface area (Å²) in [5, 5.41) is 10.9. The summed E-state index contributed by atoms with van der Waals surface area (Å²) >= 11 is 0. The van der Waals surface area contributed by atoms with E-state index in [-0.39, 0.29) is 11.5 Å². The molecule has 7 heteroatoms. The second kappa shape index (κ2) is 5.79. The number of nitrogens with zero attached hydrogens (tertiary/aromatic N) is 1. The van der Waals surface area contributed by atoms with Crippen LogP contribution < -0.4 is 5.32 Å². The molecule has 1 heterocycles. The van der Waals surface area contributed by atoms with Crippen LogP contribution in [0.4, 0.5) is 10.3 Å². The fourth-order valence-corrected chi connectivity index (χ4v) is 1.50. The summed E-state index contributed by atoms with van der Waals surface area (Å²) in [5.41, 5.74) is 0.188. The van der Waals surface area contributed by atoms with Crippen molar-refractivity contribution in [3.63, 3.8) is 0 Å². The van der Waals surface area contributed by atoms with Gasteiger partial charge >= 0.3 is 5.97 Å². The molecular weight excluding hydrogens is 265 g/mol. The number of anilines is 1. The average molecular weight is 275 g/mol. The maximum absolute atomic E-state index is 13.8. The molecule has 6 nitrogen and oxygen atoms in total. The quantitative estimate of drug-likeness (QED) is 0.742. The number of aliphatic carboxylic acids is 1. The van der Waals surface area contributed by atoms with Gasteiger partial charge in [-0.2, -0.15) is 0 Å². The fourth-order valence-electron chi connectivity index (χ4n) is 1.50. The summed E-state index contributed by atoms with van der Waals surface area (Å²) in [6, 6.07) is 3.80. The Morgan fingerprint density at radius 1 is 1.40 bits per heavy atom. The lowest BCUT2D eigenvalue weighted by molar-refractivity contribution is -0.131. The van der Waals surface area contributed by atoms with Crippen molar-refractivity contribution in [2.24, 2.45) is 0 Å². The highest BCUT2D eigenvalue weighted by Gasteiger charge is 2.12. The number of H-pyrrole nitrogens is 1. The highest BCUT2D eigenvalue weighted by Crippen LogP contribution is 2.13. The van der Waals surface area contributed by atoms with Gasteiger partial charge in [-0.1, -0.05) is 6.07 Å².